The number of Topliss-reactive ketones (excluding diaryl/α,β-unsaturated/α-hetero) is 1. The summed E-state index contributed by atoms with van der Waals surface area (Å²) in [6, 6.07) is -0.566. The quantitative estimate of drug-likeness (QED) is 0.248. The van der Waals surface area contributed by atoms with Crippen LogP contribution in [0.2, 0.25) is 0 Å². The van der Waals surface area contributed by atoms with E-state index in [1.807, 2.05) is 11.8 Å². The van der Waals surface area contributed by atoms with Crippen molar-refractivity contribution in [3.8, 4) is 0 Å². The van der Waals surface area contributed by atoms with Crippen LogP contribution < -0.4 is 0 Å². The molecule has 0 amide bonds. The Morgan fingerprint density at radius 1 is 0.920 bits per heavy atom. The van der Waals surface area contributed by atoms with Crippen LogP contribution in [-0.2, 0) is 38.0 Å². The molecule has 14 nitrogen and oxygen atoms in total. The van der Waals surface area contributed by atoms with Gasteiger partial charge < -0.3 is 58.9 Å². The smallest absolute Gasteiger partial charge is 0.311 e. The van der Waals surface area contributed by atoms with Crippen molar-refractivity contribution in [3.63, 3.8) is 0 Å². The van der Waals surface area contributed by atoms with Crippen LogP contribution in [0, 0.1) is 17.8 Å². The van der Waals surface area contributed by atoms with E-state index in [-0.39, 0.29) is 31.6 Å². The van der Waals surface area contributed by atoms with Gasteiger partial charge in [0.2, 0.25) is 0 Å². The summed E-state index contributed by atoms with van der Waals surface area (Å²) >= 11 is 0. The number of cyclic esters (lactones) is 1. The van der Waals surface area contributed by atoms with E-state index < -0.39 is 108 Å². The van der Waals surface area contributed by atoms with E-state index >= 15 is 0 Å². The molecular weight excluding hydrogens is 654 g/mol. The van der Waals surface area contributed by atoms with E-state index in [0.717, 1.165) is 0 Å². The van der Waals surface area contributed by atoms with Crippen molar-refractivity contribution in [2.24, 2.45) is 17.8 Å². The van der Waals surface area contributed by atoms with Crippen molar-refractivity contribution in [2.45, 2.75) is 179 Å². The topological polar surface area (TPSA) is 194 Å². The molecule has 0 aromatic carbocycles. The molecular formula is C36H65NO13. The minimum absolute atomic E-state index is 0.00332. The van der Waals surface area contributed by atoms with E-state index in [1.54, 1.807) is 62.4 Å². The van der Waals surface area contributed by atoms with Gasteiger partial charge in [-0.1, -0.05) is 20.8 Å². The number of aliphatic hydroxyl groups is 5. The molecule has 0 aromatic rings. The summed E-state index contributed by atoms with van der Waals surface area (Å²) in [5.41, 5.74) is -4.52. The van der Waals surface area contributed by atoms with Crippen molar-refractivity contribution >= 4 is 11.8 Å². The lowest BCUT2D eigenvalue weighted by molar-refractivity contribution is -0.311. The molecule has 0 aromatic heterocycles. The van der Waals surface area contributed by atoms with Crippen LogP contribution in [0.4, 0.5) is 0 Å². The lowest BCUT2D eigenvalue weighted by Gasteiger charge is -2.48. The molecule has 3 heterocycles. The molecule has 0 saturated carbocycles. The molecule has 14 unspecified atom stereocenters. The lowest BCUT2D eigenvalue weighted by Crippen LogP contribution is -2.59. The number of rotatable bonds is 6. The Morgan fingerprint density at radius 3 is 2.12 bits per heavy atom. The predicted octanol–water partition coefficient (Wildman–Crippen LogP) is 1.54. The number of hydrogen-bond acceptors (Lipinski definition) is 14. The third-order valence-electron chi connectivity index (χ3n) is 11.4. The lowest BCUT2D eigenvalue weighted by atomic mass is 9.77. The maximum atomic E-state index is 14.1. The number of methoxy groups -OCH3 is 1. The number of ketones is 1. The number of esters is 1. The van der Waals surface area contributed by atoms with Crippen LogP contribution >= 0.6 is 0 Å². The zero-order valence-corrected chi connectivity index (χ0v) is 32.1. The van der Waals surface area contributed by atoms with Gasteiger partial charge in [0.05, 0.1) is 41.5 Å². The van der Waals surface area contributed by atoms with Crippen molar-refractivity contribution in [3.05, 3.63) is 0 Å². The zero-order chi connectivity index (χ0) is 38.1. The summed E-state index contributed by atoms with van der Waals surface area (Å²) in [7, 11) is 3.28. The summed E-state index contributed by atoms with van der Waals surface area (Å²) in [6.45, 7) is 17.3. The molecule has 0 aliphatic carbocycles. The Hall–Kier alpha value is -1.30. The molecule has 0 spiro atoms. The zero-order valence-electron chi connectivity index (χ0n) is 32.1. The highest BCUT2D eigenvalue weighted by molar-refractivity contribution is 5.84. The molecule has 0 bridgehead atoms. The van der Waals surface area contributed by atoms with Gasteiger partial charge in [-0.15, -0.1) is 0 Å². The molecule has 17 atom stereocenters. The van der Waals surface area contributed by atoms with Crippen molar-refractivity contribution in [1.82, 2.24) is 4.90 Å². The molecule has 3 rings (SSSR count). The normalized spacial score (nSPS) is 49.5. The molecule has 292 valence electrons. The van der Waals surface area contributed by atoms with Crippen LogP contribution in [0.25, 0.3) is 0 Å². The highest BCUT2D eigenvalue weighted by Gasteiger charge is 2.52. The molecule has 3 aliphatic rings. The first-order valence-corrected chi connectivity index (χ1v) is 18.1. The van der Waals surface area contributed by atoms with Crippen LogP contribution in [0.5, 0.6) is 0 Å². The van der Waals surface area contributed by atoms with Crippen LogP contribution in [0.3, 0.4) is 0 Å². The number of ether oxygens (including phenoxy) is 6. The van der Waals surface area contributed by atoms with E-state index in [0.29, 0.717) is 6.54 Å². The second-order valence-corrected chi connectivity index (χ2v) is 16.0. The molecule has 0 radical (unpaired) electrons. The molecule has 50 heavy (non-hydrogen) atoms. The molecule has 5 N–H and O–H groups in total. The second kappa shape index (κ2) is 16.8. The van der Waals surface area contributed by atoms with Gasteiger partial charge in [-0.25, -0.2) is 0 Å². The maximum Gasteiger partial charge on any atom is 0.311 e. The van der Waals surface area contributed by atoms with E-state index in [1.165, 1.54) is 14.0 Å². The van der Waals surface area contributed by atoms with Gasteiger partial charge >= 0.3 is 5.97 Å². The van der Waals surface area contributed by atoms with Crippen molar-refractivity contribution in [1.29, 1.82) is 0 Å². The van der Waals surface area contributed by atoms with Gasteiger partial charge in [0.1, 0.15) is 23.9 Å². The van der Waals surface area contributed by atoms with Gasteiger partial charge in [0.15, 0.2) is 24.5 Å². The average Bonchev–Trinajstić information content (AvgIpc) is 3.03. The van der Waals surface area contributed by atoms with Gasteiger partial charge in [-0.2, -0.15) is 0 Å². The van der Waals surface area contributed by atoms with Gasteiger partial charge in [-0.3, -0.25) is 9.59 Å². The Bertz CT molecular complexity index is 1140. The maximum absolute atomic E-state index is 14.1. The third kappa shape index (κ3) is 9.43. The minimum Gasteiger partial charge on any atom is -0.459 e. The predicted molar refractivity (Wildman–Crippen MR) is 182 cm³/mol. The van der Waals surface area contributed by atoms with E-state index in [4.69, 9.17) is 28.4 Å². The molecule has 3 saturated heterocycles. The van der Waals surface area contributed by atoms with Gasteiger partial charge in [0, 0.05) is 38.5 Å². The van der Waals surface area contributed by atoms with Crippen LogP contribution in [0.15, 0.2) is 0 Å². The molecule has 3 fully saturated rings. The second-order valence-electron chi connectivity index (χ2n) is 16.0. The number of likely N-dealkylation sites (N-methyl/N-ethyl adjacent to an activating group) is 1. The first-order chi connectivity index (χ1) is 23.0. The highest BCUT2D eigenvalue weighted by atomic mass is 16.7. The fourth-order valence-electron chi connectivity index (χ4n) is 8.10. The number of aliphatic hydroxyl groups excluding tert-OH is 3. The fraction of sp³-hybridized carbons (Fsp3) is 0.944. The summed E-state index contributed by atoms with van der Waals surface area (Å²) < 4.78 is 36.6. The third-order valence-corrected chi connectivity index (χ3v) is 11.4. The fourth-order valence-corrected chi connectivity index (χ4v) is 8.10. The first-order valence-electron chi connectivity index (χ1n) is 18.1. The Balaban J connectivity index is 2.16. The number of nitrogens with zero attached hydrogens (tertiary/aromatic N) is 1. The van der Waals surface area contributed by atoms with Crippen molar-refractivity contribution in [2.75, 3.05) is 20.7 Å². The highest BCUT2D eigenvalue weighted by Crippen LogP contribution is 2.39. The summed E-state index contributed by atoms with van der Waals surface area (Å²) in [4.78, 5) is 28.6. The van der Waals surface area contributed by atoms with Gasteiger partial charge in [-0.05, 0) is 74.3 Å². The van der Waals surface area contributed by atoms with Crippen LogP contribution in [-0.4, -0.2) is 147 Å². The minimum atomic E-state index is -1.82. The Labute approximate surface area is 297 Å². The monoisotopic (exact) mass is 719 g/mol. The summed E-state index contributed by atoms with van der Waals surface area (Å²) in [5, 5.41) is 57.1. The molecule has 14 heteroatoms. The number of carbonyl (C=O) groups excluding carboxylic acids is 2. The Kier molecular flexibility index (Phi) is 14.5. The van der Waals surface area contributed by atoms with E-state index in [9.17, 15) is 35.1 Å². The number of hydrogen-bond donors (Lipinski definition) is 5. The first kappa shape index (κ1) is 43.1. The van der Waals surface area contributed by atoms with Crippen LogP contribution in [0.1, 0.15) is 94.9 Å². The summed E-state index contributed by atoms with van der Waals surface area (Å²) in [5.74, 6) is -3.28. The van der Waals surface area contributed by atoms with Crippen molar-refractivity contribution < 1.29 is 63.5 Å². The standard InChI is InChI=1S/C36H65NO13/c1-13-25-36(10,44)29(40)22(6)37(11)17-18(2)15-34(8,43)31(50-33-27(39)24(38)14-19(3)46-33)20(4)28(21(5)32(42)48-25)49-26-16-35(9,45-12)30(41)23(7)47-26/h18-23,25-31,33,39-41,43-44H,13-17H2,1-12H3/t18?,19?,20?,21?,22?,23?,25?,26?,27?,28?,29?,30?,31?,33?,34-,35-,36-/m1/s1. The number of carbonyl (C=O) groups is 2. The summed E-state index contributed by atoms with van der Waals surface area (Å²) in [6.07, 6.45) is -10.4. The average molecular weight is 720 g/mol. The molecule has 3 aliphatic heterocycles. The SMILES string of the molecule is CCC1OC(=O)C(C)C(OC2C[C@@](C)(OC)C(O)C(C)O2)C(C)C(OC2OC(C)CC(=O)C2O)[C@](C)(O)CC(C)CN(C)C(C)C(O)[C@]1(C)O. The van der Waals surface area contributed by atoms with Gasteiger partial charge in [0.25, 0.3) is 0 Å². The Morgan fingerprint density at radius 2 is 1.54 bits per heavy atom. The van der Waals surface area contributed by atoms with E-state index in [2.05, 4.69) is 0 Å². The largest absolute Gasteiger partial charge is 0.459 e.